The first kappa shape index (κ1) is 10.1. The second-order valence-electron chi connectivity index (χ2n) is 3.75. The summed E-state index contributed by atoms with van der Waals surface area (Å²) in [5.41, 5.74) is 0.136. The molecular weight excluding hydrogens is 168 g/mol. The molecule has 0 aromatic carbocycles. The van der Waals surface area contributed by atoms with Crippen LogP contribution < -0.4 is 5.32 Å². The van der Waals surface area contributed by atoms with Crippen molar-refractivity contribution in [1.82, 2.24) is 20.3 Å². The number of hydrogen-bond donors (Lipinski definition) is 2. The summed E-state index contributed by atoms with van der Waals surface area (Å²) in [4.78, 5) is 0. The van der Waals surface area contributed by atoms with Gasteiger partial charge in [0, 0.05) is 12.7 Å². The fourth-order valence-corrected chi connectivity index (χ4v) is 1.07. The smallest absolute Gasteiger partial charge is 0.0964 e. The molecule has 0 unspecified atom stereocenters. The predicted molar refractivity (Wildman–Crippen MR) is 49.1 cm³/mol. The quantitative estimate of drug-likeness (QED) is 0.678. The van der Waals surface area contributed by atoms with Crippen molar-refractivity contribution in [2.45, 2.75) is 32.5 Å². The molecular formula is C8H16N4O. The molecule has 1 heterocycles. The monoisotopic (exact) mass is 184 g/mol. The van der Waals surface area contributed by atoms with E-state index in [9.17, 15) is 5.11 Å². The molecule has 0 saturated heterocycles. The summed E-state index contributed by atoms with van der Waals surface area (Å²) in [6, 6.07) is 0. The average molecular weight is 184 g/mol. The van der Waals surface area contributed by atoms with Gasteiger partial charge in [-0.05, 0) is 20.9 Å². The molecule has 13 heavy (non-hydrogen) atoms. The largest absolute Gasteiger partial charge is 0.389 e. The van der Waals surface area contributed by atoms with Crippen molar-refractivity contribution in [3.63, 3.8) is 0 Å². The van der Waals surface area contributed by atoms with Crippen LogP contribution in [-0.2, 0) is 13.1 Å². The zero-order valence-electron chi connectivity index (χ0n) is 8.28. The van der Waals surface area contributed by atoms with E-state index in [2.05, 4.69) is 15.6 Å². The van der Waals surface area contributed by atoms with Crippen molar-refractivity contribution in [2.75, 3.05) is 7.05 Å². The highest BCUT2D eigenvalue weighted by Crippen LogP contribution is 2.04. The summed E-state index contributed by atoms with van der Waals surface area (Å²) in [5.74, 6) is 0. The van der Waals surface area contributed by atoms with E-state index in [0.29, 0.717) is 13.1 Å². The van der Waals surface area contributed by atoms with Gasteiger partial charge in [0.25, 0.3) is 0 Å². The minimum Gasteiger partial charge on any atom is -0.389 e. The molecule has 0 atom stereocenters. The number of aliphatic hydroxyl groups is 1. The Labute approximate surface area is 77.8 Å². The Morgan fingerprint density at radius 2 is 2.31 bits per heavy atom. The van der Waals surface area contributed by atoms with Crippen LogP contribution in [0.1, 0.15) is 19.5 Å². The van der Waals surface area contributed by atoms with Gasteiger partial charge in [0.2, 0.25) is 0 Å². The highest BCUT2D eigenvalue weighted by molar-refractivity contribution is 4.91. The molecule has 0 aliphatic heterocycles. The molecule has 0 spiro atoms. The molecule has 0 amide bonds. The highest BCUT2D eigenvalue weighted by atomic mass is 16.3. The maximum atomic E-state index is 9.51. The average Bonchev–Trinajstić information content (AvgIpc) is 2.33. The van der Waals surface area contributed by atoms with E-state index in [-0.39, 0.29) is 0 Å². The summed E-state index contributed by atoms with van der Waals surface area (Å²) >= 11 is 0. The Hall–Kier alpha value is -0.940. The van der Waals surface area contributed by atoms with Gasteiger partial charge in [-0.1, -0.05) is 5.21 Å². The summed E-state index contributed by atoms with van der Waals surface area (Å²) in [5, 5.41) is 20.3. The van der Waals surface area contributed by atoms with Crippen LogP contribution >= 0.6 is 0 Å². The van der Waals surface area contributed by atoms with Crippen molar-refractivity contribution in [2.24, 2.45) is 0 Å². The van der Waals surface area contributed by atoms with E-state index in [1.54, 1.807) is 18.5 Å². The molecule has 0 bridgehead atoms. The maximum Gasteiger partial charge on any atom is 0.0964 e. The molecule has 2 N–H and O–H groups in total. The third-order valence-corrected chi connectivity index (χ3v) is 1.49. The van der Waals surface area contributed by atoms with Gasteiger partial charge in [-0.25, -0.2) is 4.68 Å². The summed E-state index contributed by atoms with van der Waals surface area (Å²) in [7, 11) is 1.86. The van der Waals surface area contributed by atoms with Gasteiger partial charge in [-0.3, -0.25) is 0 Å². The van der Waals surface area contributed by atoms with Gasteiger partial charge in [0.15, 0.2) is 0 Å². The van der Waals surface area contributed by atoms with Crippen molar-refractivity contribution in [3.8, 4) is 0 Å². The van der Waals surface area contributed by atoms with Crippen LogP contribution in [0, 0.1) is 0 Å². The lowest BCUT2D eigenvalue weighted by atomic mass is 10.1. The molecule has 0 aliphatic rings. The lowest BCUT2D eigenvalue weighted by molar-refractivity contribution is 0.0571. The molecule has 1 rings (SSSR count). The van der Waals surface area contributed by atoms with Crippen LogP contribution in [0.2, 0.25) is 0 Å². The third-order valence-electron chi connectivity index (χ3n) is 1.49. The Morgan fingerprint density at radius 1 is 1.62 bits per heavy atom. The van der Waals surface area contributed by atoms with Crippen LogP contribution in [0.5, 0.6) is 0 Å². The van der Waals surface area contributed by atoms with Gasteiger partial charge in [0.05, 0.1) is 17.8 Å². The number of nitrogens with zero attached hydrogens (tertiary/aromatic N) is 3. The normalized spacial score (nSPS) is 12.0. The van der Waals surface area contributed by atoms with Gasteiger partial charge in [0.1, 0.15) is 0 Å². The lowest BCUT2D eigenvalue weighted by Gasteiger charge is -2.15. The van der Waals surface area contributed by atoms with Gasteiger partial charge < -0.3 is 10.4 Å². The zero-order chi connectivity index (χ0) is 9.90. The molecule has 1 aromatic rings. The van der Waals surface area contributed by atoms with E-state index < -0.39 is 5.60 Å². The van der Waals surface area contributed by atoms with Crippen molar-refractivity contribution < 1.29 is 5.11 Å². The fourth-order valence-electron chi connectivity index (χ4n) is 1.07. The zero-order valence-corrected chi connectivity index (χ0v) is 8.28. The minimum absolute atomic E-state index is 0.462. The SMILES string of the molecule is CNCc1cn(CC(C)(C)O)nn1. The van der Waals surface area contributed by atoms with Gasteiger partial charge in [-0.2, -0.15) is 0 Å². The second-order valence-corrected chi connectivity index (χ2v) is 3.75. The number of nitrogens with one attached hydrogen (secondary N) is 1. The number of aromatic nitrogens is 3. The Morgan fingerprint density at radius 3 is 2.85 bits per heavy atom. The summed E-state index contributed by atoms with van der Waals surface area (Å²) in [6.45, 7) is 4.65. The fraction of sp³-hybridized carbons (Fsp3) is 0.750. The molecule has 0 aliphatic carbocycles. The first-order valence-corrected chi connectivity index (χ1v) is 4.27. The maximum absolute atomic E-state index is 9.51. The molecule has 5 heteroatoms. The summed E-state index contributed by atoms with van der Waals surface area (Å²) in [6.07, 6.45) is 1.83. The Bertz CT molecular complexity index is 263. The number of rotatable bonds is 4. The molecule has 0 radical (unpaired) electrons. The van der Waals surface area contributed by atoms with E-state index in [1.807, 2.05) is 13.2 Å². The van der Waals surface area contributed by atoms with Crippen molar-refractivity contribution in [1.29, 1.82) is 0 Å². The van der Waals surface area contributed by atoms with E-state index in [0.717, 1.165) is 5.69 Å². The Kier molecular flexibility index (Phi) is 3.00. The molecule has 74 valence electrons. The van der Waals surface area contributed by atoms with Crippen LogP contribution in [0.3, 0.4) is 0 Å². The molecule has 1 aromatic heterocycles. The van der Waals surface area contributed by atoms with E-state index >= 15 is 0 Å². The van der Waals surface area contributed by atoms with Crippen LogP contribution in [-0.4, -0.2) is 32.7 Å². The standard InChI is InChI=1S/C8H16N4O/c1-8(2,13)6-12-5-7(4-9-3)10-11-12/h5,9,13H,4,6H2,1-3H3. The van der Waals surface area contributed by atoms with Crippen LogP contribution in [0.15, 0.2) is 6.20 Å². The van der Waals surface area contributed by atoms with Gasteiger partial charge >= 0.3 is 0 Å². The Balaban J connectivity index is 2.59. The highest BCUT2D eigenvalue weighted by Gasteiger charge is 2.14. The van der Waals surface area contributed by atoms with Crippen molar-refractivity contribution in [3.05, 3.63) is 11.9 Å². The molecule has 0 fully saturated rings. The van der Waals surface area contributed by atoms with E-state index in [4.69, 9.17) is 0 Å². The molecule has 0 saturated carbocycles. The minimum atomic E-state index is -0.745. The van der Waals surface area contributed by atoms with Gasteiger partial charge in [-0.15, -0.1) is 5.10 Å². The third kappa shape index (κ3) is 3.52. The first-order chi connectivity index (χ1) is 6.01. The second kappa shape index (κ2) is 3.85. The number of hydrogen-bond acceptors (Lipinski definition) is 4. The van der Waals surface area contributed by atoms with Crippen molar-refractivity contribution >= 4 is 0 Å². The predicted octanol–water partition coefficient (Wildman–Crippen LogP) is -0.232. The molecule has 5 nitrogen and oxygen atoms in total. The summed E-state index contributed by atoms with van der Waals surface area (Å²) < 4.78 is 1.65. The lowest BCUT2D eigenvalue weighted by Crippen LogP contribution is -2.26. The van der Waals surface area contributed by atoms with E-state index in [1.165, 1.54) is 0 Å². The first-order valence-electron chi connectivity index (χ1n) is 4.27. The van der Waals surface area contributed by atoms with Crippen LogP contribution in [0.25, 0.3) is 0 Å². The topological polar surface area (TPSA) is 63.0 Å². The van der Waals surface area contributed by atoms with Crippen LogP contribution in [0.4, 0.5) is 0 Å².